The molecular formula is C56H46. The summed E-state index contributed by atoms with van der Waals surface area (Å²) < 4.78 is 0. The van der Waals surface area contributed by atoms with E-state index in [0.29, 0.717) is 0 Å². The second-order valence-electron chi connectivity index (χ2n) is 18.6. The summed E-state index contributed by atoms with van der Waals surface area (Å²) in [6.45, 7) is 16.5. The summed E-state index contributed by atoms with van der Waals surface area (Å²) in [5.74, 6) is 0. The van der Waals surface area contributed by atoms with E-state index in [1.807, 2.05) is 0 Å². The summed E-state index contributed by atoms with van der Waals surface area (Å²) in [6.07, 6.45) is 0. The third-order valence-electron chi connectivity index (χ3n) is 13.6. The normalized spacial score (nSPS) is 15.0. The molecule has 0 fully saturated rings. The van der Waals surface area contributed by atoms with Gasteiger partial charge in [-0.2, -0.15) is 0 Å². The predicted octanol–water partition coefficient (Wildman–Crippen LogP) is 15.4. The van der Waals surface area contributed by atoms with Gasteiger partial charge in [0.25, 0.3) is 0 Å². The van der Waals surface area contributed by atoms with Crippen LogP contribution in [0.15, 0.2) is 152 Å². The van der Waals surface area contributed by atoms with E-state index in [1.54, 1.807) is 0 Å². The van der Waals surface area contributed by atoms with Gasteiger partial charge >= 0.3 is 0 Å². The number of rotatable bonds is 3. The monoisotopic (exact) mass is 718 g/mol. The van der Waals surface area contributed by atoms with Crippen LogP contribution in [-0.4, -0.2) is 0 Å². The molecule has 0 amide bonds. The molecule has 56 heavy (non-hydrogen) atoms. The first-order valence-electron chi connectivity index (χ1n) is 20.3. The van der Waals surface area contributed by atoms with Crippen LogP contribution in [0, 0.1) is 0 Å². The van der Waals surface area contributed by atoms with E-state index < -0.39 is 0 Å². The summed E-state index contributed by atoms with van der Waals surface area (Å²) >= 11 is 0. The van der Waals surface area contributed by atoms with Crippen molar-refractivity contribution in [1.29, 1.82) is 0 Å². The zero-order valence-electron chi connectivity index (χ0n) is 33.4. The standard InChI is InChI=1S/C56H46/c1-54(2,3)38-22-26-45-44-25-21-37(31-51(44)56(6,7)52(45)32-38)36-20-24-43-42-23-19-35(29-49(42)55(4,5)50(43)30-36)33-15-17-34(18-16-33)39-27-28-48-41-12-9-8-11-40(41)47-14-10-13-46(39)53(47)48/h8-32H,1-7H3. The molecule has 11 rings (SSSR count). The Morgan fingerprint density at radius 3 is 1.25 bits per heavy atom. The summed E-state index contributed by atoms with van der Waals surface area (Å²) in [6, 6.07) is 58.0. The molecule has 3 aliphatic rings. The van der Waals surface area contributed by atoms with Gasteiger partial charge in [-0.3, -0.25) is 0 Å². The highest BCUT2D eigenvalue weighted by Gasteiger charge is 2.38. The quantitative estimate of drug-likeness (QED) is 0.171. The molecule has 3 aliphatic carbocycles. The Morgan fingerprint density at radius 1 is 0.321 bits per heavy atom. The molecular weight excluding hydrogens is 673 g/mol. The van der Waals surface area contributed by atoms with Crippen molar-refractivity contribution in [2.75, 3.05) is 0 Å². The molecule has 0 heterocycles. The van der Waals surface area contributed by atoms with Crippen LogP contribution in [0.1, 0.15) is 76.3 Å². The second kappa shape index (κ2) is 11.3. The zero-order chi connectivity index (χ0) is 38.3. The molecule has 0 unspecified atom stereocenters. The third kappa shape index (κ3) is 4.59. The van der Waals surface area contributed by atoms with Crippen molar-refractivity contribution >= 4 is 10.8 Å². The fraction of sp³-hybridized carbons (Fsp3) is 0.179. The van der Waals surface area contributed by atoms with Crippen molar-refractivity contribution in [1.82, 2.24) is 0 Å². The Bertz CT molecular complexity index is 2950. The lowest BCUT2D eigenvalue weighted by Gasteiger charge is -2.25. The Morgan fingerprint density at radius 2 is 0.714 bits per heavy atom. The van der Waals surface area contributed by atoms with Crippen molar-refractivity contribution in [3.05, 3.63) is 179 Å². The lowest BCUT2D eigenvalue weighted by atomic mass is 9.78. The van der Waals surface area contributed by atoms with Gasteiger partial charge < -0.3 is 0 Å². The van der Waals surface area contributed by atoms with Crippen LogP contribution in [0.25, 0.3) is 88.7 Å². The third-order valence-corrected chi connectivity index (χ3v) is 13.6. The van der Waals surface area contributed by atoms with Gasteiger partial charge in [0.05, 0.1) is 0 Å². The van der Waals surface area contributed by atoms with Gasteiger partial charge in [-0.1, -0.05) is 182 Å². The van der Waals surface area contributed by atoms with Crippen molar-refractivity contribution in [2.24, 2.45) is 0 Å². The van der Waals surface area contributed by atoms with Crippen LogP contribution < -0.4 is 0 Å². The Labute approximate surface area is 331 Å². The molecule has 0 radical (unpaired) electrons. The number of benzene rings is 8. The predicted molar refractivity (Wildman–Crippen MR) is 239 cm³/mol. The van der Waals surface area contributed by atoms with Crippen LogP contribution in [0.2, 0.25) is 0 Å². The van der Waals surface area contributed by atoms with Crippen molar-refractivity contribution < 1.29 is 0 Å². The average Bonchev–Trinajstić information content (AvgIpc) is 3.74. The van der Waals surface area contributed by atoms with Gasteiger partial charge in [0.1, 0.15) is 0 Å². The highest BCUT2D eigenvalue weighted by molar-refractivity contribution is 6.18. The second-order valence-corrected chi connectivity index (χ2v) is 18.6. The maximum Gasteiger partial charge on any atom is 0.0159 e. The van der Waals surface area contributed by atoms with Crippen LogP contribution >= 0.6 is 0 Å². The van der Waals surface area contributed by atoms with Crippen molar-refractivity contribution in [3.63, 3.8) is 0 Å². The molecule has 0 aliphatic heterocycles. The summed E-state index contributed by atoms with van der Waals surface area (Å²) in [5, 5.41) is 2.70. The molecule has 8 aromatic carbocycles. The van der Waals surface area contributed by atoms with E-state index in [2.05, 4.69) is 200 Å². The minimum absolute atomic E-state index is 0.0507. The minimum atomic E-state index is -0.117. The minimum Gasteiger partial charge on any atom is -0.0616 e. The molecule has 0 bridgehead atoms. The fourth-order valence-corrected chi connectivity index (χ4v) is 10.4. The summed E-state index contributed by atoms with van der Waals surface area (Å²) in [4.78, 5) is 0. The number of fused-ring (bicyclic) bond motifs is 9. The van der Waals surface area contributed by atoms with E-state index in [0.717, 1.165) is 0 Å². The van der Waals surface area contributed by atoms with Crippen LogP contribution in [-0.2, 0) is 16.2 Å². The van der Waals surface area contributed by atoms with Crippen LogP contribution in [0.4, 0.5) is 0 Å². The molecule has 0 saturated carbocycles. The number of hydrogen-bond donors (Lipinski definition) is 0. The van der Waals surface area contributed by atoms with Gasteiger partial charge in [-0.05, 0) is 140 Å². The molecule has 270 valence electrons. The molecule has 0 nitrogen and oxygen atoms in total. The molecule has 0 spiro atoms. The van der Waals surface area contributed by atoms with E-state index in [1.165, 1.54) is 116 Å². The van der Waals surface area contributed by atoms with E-state index in [4.69, 9.17) is 0 Å². The van der Waals surface area contributed by atoms with Gasteiger partial charge in [0.2, 0.25) is 0 Å². The van der Waals surface area contributed by atoms with Gasteiger partial charge in [-0.25, -0.2) is 0 Å². The summed E-state index contributed by atoms with van der Waals surface area (Å²) in [7, 11) is 0. The van der Waals surface area contributed by atoms with Crippen LogP contribution in [0.3, 0.4) is 0 Å². The lowest BCUT2D eigenvalue weighted by Crippen LogP contribution is -2.17. The van der Waals surface area contributed by atoms with Crippen LogP contribution in [0.5, 0.6) is 0 Å². The molecule has 0 saturated heterocycles. The molecule has 0 N–H and O–H groups in total. The lowest BCUT2D eigenvalue weighted by molar-refractivity contribution is 0.584. The van der Waals surface area contributed by atoms with E-state index in [-0.39, 0.29) is 16.2 Å². The number of hydrogen-bond acceptors (Lipinski definition) is 0. The molecule has 8 aromatic rings. The first-order chi connectivity index (χ1) is 26.9. The van der Waals surface area contributed by atoms with Gasteiger partial charge in [-0.15, -0.1) is 0 Å². The zero-order valence-corrected chi connectivity index (χ0v) is 33.4. The van der Waals surface area contributed by atoms with Gasteiger partial charge in [0.15, 0.2) is 0 Å². The smallest absolute Gasteiger partial charge is 0.0159 e. The highest BCUT2D eigenvalue weighted by Crippen LogP contribution is 2.54. The average molecular weight is 719 g/mol. The first kappa shape index (κ1) is 33.4. The SMILES string of the molecule is CC(C)(C)c1ccc2c(c1)C(C)(C)c1cc(-c3ccc4c(c3)C(C)(C)c3cc(-c5ccc(-c6ccc7c8c(cccc68)-c6ccccc6-7)cc5)ccc3-4)ccc1-2. The molecule has 0 atom stereocenters. The van der Waals surface area contributed by atoms with Crippen molar-refractivity contribution in [2.45, 2.75) is 64.7 Å². The largest absolute Gasteiger partial charge is 0.0616 e. The molecule has 0 heteroatoms. The Balaban J connectivity index is 0.909. The van der Waals surface area contributed by atoms with E-state index in [9.17, 15) is 0 Å². The van der Waals surface area contributed by atoms with E-state index >= 15 is 0 Å². The first-order valence-corrected chi connectivity index (χ1v) is 20.3. The highest BCUT2D eigenvalue weighted by atomic mass is 14.4. The molecule has 0 aromatic heterocycles. The van der Waals surface area contributed by atoms with Crippen molar-refractivity contribution in [3.8, 4) is 77.9 Å². The Hall–Kier alpha value is -5.98. The van der Waals surface area contributed by atoms with Gasteiger partial charge in [0, 0.05) is 10.8 Å². The Kier molecular flexibility index (Phi) is 6.73. The maximum absolute atomic E-state index is 2.47. The maximum atomic E-state index is 2.47. The topological polar surface area (TPSA) is 0 Å². The fourth-order valence-electron chi connectivity index (χ4n) is 10.4. The summed E-state index contributed by atoms with van der Waals surface area (Å²) in [5.41, 5.74) is 25.5.